The molecule has 0 saturated carbocycles. The van der Waals surface area contributed by atoms with E-state index in [-0.39, 0.29) is 21.7 Å². The first-order valence-electron chi connectivity index (χ1n) is 45.8. The van der Waals surface area contributed by atoms with Crippen LogP contribution in [0.25, 0.3) is 209 Å². The molecule has 0 aliphatic rings. The van der Waals surface area contributed by atoms with Crippen molar-refractivity contribution in [1.82, 2.24) is 9.13 Å². The molecule has 128 heavy (non-hydrogen) atoms. The van der Waals surface area contributed by atoms with Crippen LogP contribution in [-0.2, 0) is 34.7 Å². The highest BCUT2D eigenvalue weighted by Gasteiger charge is 2.27. The second-order valence-electron chi connectivity index (χ2n) is 39.3. The number of hydrogen-bond donors (Lipinski definition) is 0. The summed E-state index contributed by atoms with van der Waals surface area (Å²) in [5, 5.41) is 15.5. The Morgan fingerprint density at radius 2 is 0.312 bits per heavy atom. The lowest BCUT2D eigenvalue weighted by Crippen LogP contribution is -2.11. The highest BCUT2D eigenvalue weighted by atomic mass is 15.0. The van der Waals surface area contributed by atoms with Crippen molar-refractivity contribution in [3.63, 3.8) is 0 Å². The van der Waals surface area contributed by atoms with Gasteiger partial charge in [0.15, 0.2) is 0 Å². The first kappa shape index (κ1) is 82.1. The Balaban J connectivity index is 0.000000161. The van der Waals surface area contributed by atoms with Crippen LogP contribution in [0.2, 0.25) is 0 Å². The molecule has 2 heteroatoms. The van der Waals surface area contributed by atoms with Gasteiger partial charge in [-0.1, -0.05) is 399 Å². The summed E-state index contributed by atoms with van der Waals surface area (Å²) in [5.41, 5.74) is 37.9. The van der Waals surface area contributed by atoms with Gasteiger partial charge in [-0.15, -0.1) is 0 Å². The number of aryl methyl sites for hydroxylation is 2. The predicted molar refractivity (Wildman–Crippen MR) is 555 cm³/mol. The molecule has 0 saturated heterocycles. The summed E-state index contributed by atoms with van der Waals surface area (Å²) in [6.45, 7) is 34.1. The topological polar surface area (TPSA) is 9.86 Å². The van der Waals surface area contributed by atoms with E-state index >= 15 is 0 Å². The van der Waals surface area contributed by atoms with Crippen LogP contribution in [0.3, 0.4) is 0 Å². The molecule has 2 nitrogen and oxygen atoms in total. The SMILES string of the molecule is CCn1c2ccc(-c3ccccc3)cc2c2cc(-c3ccc(-c4ccc(-c5c6ccc(C(C)(C)C)cc6c(-c6ccc(-c7ccccc7)cc6)c6ccc(C(C)(C)C)cc56)cc4)cc3)ccc21.CCn1c2ccc(-c3ccccc3)cc2c2cc(-c3ccc(-c4ccc(-c5c6ccc(C(C)(C)C)cc6c(-c6ccccc6)c6ccc(C(C)(C)C)cc56)cc4)cc3)ccc21. The van der Waals surface area contributed by atoms with Gasteiger partial charge < -0.3 is 9.13 Å². The minimum atomic E-state index is -0.00390. The van der Waals surface area contributed by atoms with E-state index in [9.17, 15) is 0 Å². The number of nitrogens with zero attached hydrogens (tertiary/aromatic N) is 2. The summed E-state index contributed by atoms with van der Waals surface area (Å²) in [4.78, 5) is 0. The first-order valence-corrected chi connectivity index (χ1v) is 45.8. The lowest BCUT2D eigenvalue weighted by molar-refractivity contribution is 0.590. The van der Waals surface area contributed by atoms with E-state index in [4.69, 9.17) is 0 Å². The number of rotatable bonds is 13. The summed E-state index contributed by atoms with van der Waals surface area (Å²) in [6, 6.07) is 146. The van der Waals surface area contributed by atoms with Crippen LogP contribution in [-0.4, -0.2) is 9.13 Å². The normalized spacial score (nSPS) is 12.2. The van der Waals surface area contributed by atoms with E-state index < -0.39 is 0 Å². The molecule has 0 bridgehead atoms. The molecule has 0 amide bonds. The van der Waals surface area contributed by atoms with Gasteiger partial charge in [0.05, 0.1) is 0 Å². The van der Waals surface area contributed by atoms with Gasteiger partial charge in [0.2, 0.25) is 0 Å². The summed E-state index contributed by atoms with van der Waals surface area (Å²) < 4.78 is 4.87. The van der Waals surface area contributed by atoms with Crippen molar-refractivity contribution in [2.75, 3.05) is 0 Å². The zero-order chi connectivity index (χ0) is 88.1. The van der Waals surface area contributed by atoms with E-state index in [0.717, 1.165) is 13.1 Å². The predicted octanol–water partition coefficient (Wildman–Crippen LogP) is 35.8. The van der Waals surface area contributed by atoms with Crippen molar-refractivity contribution >= 4 is 86.7 Å². The minimum absolute atomic E-state index is 0.000145. The van der Waals surface area contributed by atoms with Crippen LogP contribution in [0.1, 0.15) is 119 Å². The summed E-state index contributed by atoms with van der Waals surface area (Å²) >= 11 is 0. The average molecular weight is 1650 g/mol. The van der Waals surface area contributed by atoms with Crippen LogP contribution in [0.15, 0.2) is 388 Å². The average Bonchev–Trinajstić information content (AvgIpc) is 1.08. The van der Waals surface area contributed by atoms with Crippen LogP contribution in [0, 0.1) is 0 Å². The van der Waals surface area contributed by atoms with Gasteiger partial charge in [0.1, 0.15) is 0 Å². The smallest absolute Gasteiger partial charge is 0.0491 e. The van der Waals surface area contributed by atoms with Gasteiger partial charge in [-0.2, -0.15) is 0 Å². The third-order valence-electron chi connectivity index (χ3n) is 27.1. The maximum absolute atomic E-state index is 2.47. The van der Waals surface area contributed by atoms with Crippen molar-refractivity contribution in [2.24, 2.45) is 0 Å². The quantitative estimate of drug-likeness (QED) is 0.102. The Bertz CT molecular complexity index is 7790. The van der Waals surface area contributed by atoms with Crippen LogP contribution < -0.4 is 0 Å². The van der Waals surface area contributed by atoms with Gasteiger partial charge >= 0.3 is 0 Å². The fraction of sp³-hybridized carbons (Fsp3) is 0.159. The largest absolute Gasteiger partial charge is 0.341 e. The van der Waals surface area contributed by atoms with E-state index in [2.05, 4.69) is 494 Å². The van der Waals surface area contributed by atoms with Crippen molar-refractivity contribution in [3.8, 4) is 122 Å². The fourth-order valence-corrected chi connectivity index (χ4v) is 19.9. The minimum Gasteiger partial charge on any atom is -0.341 e. The molecular formula is C126H110N2. The third kappa shape index (κ3) is 15.3. The maximum Gasteiger partial charge on any atom is 0.0491 e. The van der Waals surface area contributed by atoms with E-state index in [1.165, 1.54) is 231 Å². The molecule has 0 fully saturated rings. The lowest BCUT2D eigenvalue weighted by Gasteiger charge is -2.25. The van der Waals surface area contributed by atoms with Gasteiger partial charge in [0.25, 0.3) is 0 Å². The number of benzene rings is 19. The molecule has 0 N–H and O–H groups in total. The fourth-order valence-electron chi connectivity index (χ4n) is 19.9. The van der Waals surface area contributed by atoms with Gasteiger partial charge in [-0.05, 0) is 296 Å². The highest BCUT2D eigenvalue weighted by Crippen LogP contribution is 2.51. The summed E-state index contributed by atoms with van der Waals surface area (Å²) in [7, 11) is 0. The summed E-state index contributed by atoms with van der Waals surface area (Å²) in [5.74, 6) is 0. The monoisotopic (exact) mass is 1650 g/mol. The Hall–Kier alpha value is -14.2. The molecule has 2 heterocycles. The Kier molecular flexibility index (Phi) is 21.0. The zero-order valence-electron chi connectivity index (χ0n) is 76.3. The highest BCUT2D eigenvalue weighted by molar-refractivity contribution is 6.24. The van der Waals surface area contributed by atoms with Crippen molar-refractivity contribution < 1.29 is 0 Å². The second-order valence-corrected chi connectivity index (χ2v) is 39.3. The molecule has 21 aromatic rings. The lowest BCUT2D eigenvalue weighted by atomic mass is 9.79. The molecule has 0 radical (unpaired) electrons. The molecule has 0 aliphatic heterocycles. The Labute approximate surface area is 755 Å². The molecule has 2 aromatic heterocycles. The van der Waals surface area contributed by atoms with Crippen molar-refractivity contribution in [2.45, 2.75) is 132 Å². The zero-order valence-corrected chi connectivity index (χ0v) is 76.3. The number of aromatic nitrogens is 2. The van der Waals surface area contributed by atoms with Gasteiger partial charge in [-0.3, -0.25) is 0 Å². The van der Waals surface area contributed by atoms with Gasteiger partial charge in [-0.25, -0.2) is 0 Å². The molecule has 0 spiro atoms. The Morgan fingerprint density at radius 3 is 0.516 bits per heavy atom. The number of hydrogen-bond acceptors (Lipinski definition) is 0. The number of fused-ring (bicyclic) bond motifs is 10. The molecular weight excluding hydrogens is 1540 g/mol. The molecule has 0 aliphatic carbocycles. The third-order valence-corrected chi connectivity index (χ3v) is 27.1. The second kappa shape index (κ2) is 32.7. The molecule has 0 atom stereocenters. The van der Waals surface area contributed by atoms with E-state index in [0.29, 0.717) is 0 Å². The van der Waals surface area contributed by atoms with Crippen molar-refractivity contribution in [3.05, 3.63) is 411 Å². The molecule has 19 aromatic carbocycles. The van der Waals surface area contributed by atoms with Crippen LogP contribution in [0.4, 0.5) is 0 Å². The van der Waals surface area contributed by atoms with Crippen LogP contribution >= 0.6 is 0 Å². The molecule has 21 rings (SSSR count). The summed E-state index contributed by atoms with van der Waals surface area (Å²) in [6.07, 6.45) is 0. The standard InChI is InChI=1S/C66H57N.C60H53N/c1-8-67-61-37-31-51(44-17-13-10-14-18-44)39-57(61)58-40-52(32-38-62(58)67)48-21-19-46(20-22-48)47-25-29-50(30-26-47)64-56-36-34-53(65(2,3)4)41-59(56)63(55-35-33-54(42-60(55)64)66(5,6)7)49-27-23-45(24-28-49)43-15-11-9-12-16-43;1-8-61-55-33-27-45(39-15-11-9-12-16-39)35-51(55)52-36-46(28-34-56(52)61)42-21-19-40(20-22-42)41-23-25-44(26-24-41)58-50-32-30-47(59(2,3)4)37-53(50)57(43-17-13-10-14-18-43)49-31-29-48(38-54(49)58)60(5,6)7/h9-42H,8H2,1-7H3;9-38H,8H2,1-7H3. The maximum atomic E-state index is 2.47. The first-order chi connectivity index (χ1) is 61.9. The van der Waals surface area contributed by atoms with E-state index in [1.807, 2.05) is 0 Å². The molecule has 624 valence electrons. The van der Waals surface area contributed by atoms with Gasteiger partial charge in [0, 0.05) is 56.7 Å². The molecule has 0 unspecified atom stereocenters. The van der Waals surface area contributed by atoms with E-state index in [1.54, 1.807) is 0 Å². The van der Waals surface area contributed by atoms with Crippen LogP contribution in [0.5, 0.6) is 0 Å². The Morgan fingerprint density at radius 1 is 0.148 bits per heavy atom. The van der Waals surface area contributed by atoms with Crippen molar-refractivity contribution in [1.29, 1.82) is 0 Å².